The van der Waals surface area contributed by atoms with E-state index in [0.29, 0.717) is 18.7 Å². The van der Waals surface area contributed by atoms with Gasteiger partial charge in [-0.15, -0.1) is 0 Å². The van der Waals surface area contributed by atoms with Gasteiger partial charge in [-0.05, 0) is 17.7 Å². The first-order chi connectivity index (χ1) is 13.0. The smallest absolute Gasteiger partial charge is 0.410 e. The van der Waals surface area contributed by atoms with Crippen LogP contribution in [0.25, 0.3) is 0 Å². The van der Waals surface area contributed by atoms with E-state index in [2.05, 4.69) is 0 Å². The van der Waals surface area contributed by atoms with E-state index in [4.69, 9.17) is 9.47 Å². The number of ether oxygens (including phenoxy) is 2. The molecule has 1 heterocycles. The minimum Gasteiger partial charge on any atom is -0.487 e. The van der Waals surface area contributed by atoms with E-state index in [0.717, 1.165) is 5.56 Å². The fraction of sp³-hybridized carbons (Fsp3) is 0.316. The highest BCUT2D eigenvalue weighted by Gasteiger charge is 2.33. The average Bonchev–Trinajstić information content (AvgIpc) is 2.69. The van der Waals surface area contributed by atoms with Gasteiger partial charge in [0.15, 0.2) is 6.17 Å². The van der Waals surface area contributed by atoms with Crippen LogP contribution in [0.15, 0.2) is 54.6 Å². The van der Waals surface area contributed by atoms with Gasteiger partial charge in [-0.25, -0.2) is 9.18 Å². The zero-order valence-corrected chi connectivity index (χ0v) is 14.5. The second-order valence-corrected chi connectivity index (χ2v) is 6.20. The lowest BCUT2D eigenvalue weighted by molar-refractivity contribution is -0.384. The molecule has 1 saturated heterocycles. The minimum absolute atomic E-state index is 0.0601. The van der Waals surface area contributed by atoms with Gasteiger partial charge in [0, 0.05) is 25.1 Å². The van der Waals surface area contributed by atoms with Gasteiger partial charge in [-0.2, -0.15) is 0 Å². The van der Waals surface area contributed by atoms with Crippen molar-refractivity contribution >= 4 is 11.8 Å². The Morgan fingerprint density at radius 2 is 1.89 bits per heavy atom. The summed E-state index contributed by atoms with van der Waals surface area (Å²) >= 11 is 0. The van der Waals surface area contributed by atoms with Crippen LogP contribution in [0.2, 0.25) is 0 Å². The van der Waals surface area contributed by atoms with Crippen LogP contribution in [0.5, 0.6) is 5.75 Å². The topological polar surface area (TPSA) is 81.9 Å². The number of carbonyl (C=O) groups is 1. The van der Waals surface area contributed by atoms with Crippen LogP contribution in [-0.2, 0) is 11.3 Å². The van der Waals surface area contributed by atoms with Gasteiger partial charge < -0.3 is 14.4 Å². The number of nitro groups is 1. The third kappa shape index (κ3) is 4.93. The highest BCUT2D eigenvalue weighted by molar-refractivity contribution is 5.67. The molecule has 0 spiro atoms. The lowest BCUT2D eigenvalue weighted by Crippen LogP contribution is -2.49. The Morgan fingerprint density at radius 1 is 1.19 bits per heavy atom. The van der Waals surface area contributed by atoms with Crippen LogP contribution < -0.4 is 4.74 Å². The highest BCUT2D eigenvalue weighted by atomic mass is 19.1. The van der Waals surface area contributed by atoms with Gasteiger partial charge in [0.25, 0.3) is 5.69 Å². The number of nitro benzene ring substituents is 1. The van der Waals surface area contributed by atoms with E-state index >= 15 is 0 Å². The molecule has 1 aliphatic rings. The molecule has 0 N–H and O–H groups in total. The second kappa shape index (κ2) is 8.48. The lowest BCUT2D eigenvalue weighted by Gasteiger charge is -2.34. The van der Waals surface area contributed by atoms with E-state index in [9.17, 15) is 19.3 Å². The third-order valence-corrected chi connectivity index (χ3v) is 4.28. The average molecular weight is 374 g/mol. The molecule has 0 bridgehead atoms. The van der Waals surface area contributed by atoms with Gasteiger partial charge in [-0.3, -0.25) is 10.1 Å². The molecular weight excluding hydrogens is 355 g/mol. The molecule has 2 aromatic rings. The molecule has 0 saturated carbocycles. The molecule has 2 aromatic carbocycles. The van der Waals surface area contributed by atoms with Crippen LogP contribution in [0, 0.1) is 10.1 Å². The first kappa shape index (κ1) is 18.6. The summed E-state index contributed by atoms with van der Waals surface area (Å²) in [6, 6.07) is 14.7. The summed E-state index contributed by atoms with van der Waals surface area (Å²) in [6.07, 6.45) is -2.35. The van der Waals surface area contributed by atoms with E-state index in [1.165, 1.54) is 29.2 Å². The second-order valence-electron chi connectivity index (χ2n) is 6.20. The molecule has 0 aromatic heterocycles. The molecule has 1 aliphatic heterocycles. The van der Waals surface area contributed by atoms with Gasteiger partial charge in [0.05, 0.1) is 11.5 Å². The molecule has 27 heavy (non-hydrogen) atoms. The largest absolute Gasteiger partial charge is 0.487 e. The number of benzene rings is 2. The summed E-state index contributed by atoms with van der Waals surface area (Å²) in [5.74, 6) is 0.355. The van der Waals surface area contributed by atoms with Crippen LogP contribution in [0.3, 0.4) is 0 Å². The Balaban J connectivity index is 1.49. The van der Waals surface area contributed by atoms with E-state index < -0.39 is 23.3 Å². The molecule has 7 nitrogen and oxygen atoms in total. The molecule has 0 radical (unpaired) electrons. The number of hydrogen-bond donors (Lipinski definition) is 0. The van der Waals surface area contributed by atoms with Crippen molar-refractivity contribution in [2.24, 2.45) is 0 Å². The zero-order valence-electron chi connectivity index (χ0n) is 14.5. The quantitative estimate of drug-likeness (QED) is 0.588. The number of likely N-dealkylation sites (tertiary alicyclic amines) is 1. The molecule has 1 amide bonds. The molecule has 0 aliphatic carbocycles. The Bertz CT molecular complexity index is 784. The Kier molecular flexibility index (Phi) is 5.85. The normalized spacial score (nSPS) is 19.4. The van der Waals surface area contributed by atoms with Gasteiger partial charge in [0.2, 0.25) is 0 Å². The molecule has 8 heteroatoms. The van der Waals surface area contributed by atoms with Gasteiger partial charge in [-0.1, -0.05) is 30.3 Å². The summed E-state index contributed by atoms with van der Waals surface area (Å²) in [4.78, 5) is 23.6. The standard InChI is InChI=1S/C19H19FN2O5/c20-17-12-21(19(23)26-13-14-4-2-1-3-5-14)11-10-18(17)27-16-8-6-15(7-9-16)22(24)25/h1-9,17-18H,10-13H2/t17-,18-/m0/s1. The molecule has 2 atom stereocenters. The van der Waals surface area contributed by atoms with Crippen molar-refractivity contribution in [3.8, 4) is 5.75 Å². The van der Waals surface area contributed by atoms with Crippen molar-refractivity contribution in [1.82, 2.24) is 4.90 Å². The monoisotopic (exact) mass is 374 g/mol. The third-order valence-electron chi connectivity index (χ3n) is 4.28. The molecule has 142 valence electrons. The lowest BCUT2D eigenvalue weighted by atomic mass is 10.1. The summed E-state index contributed by atoms with van der Waals surface area (Å²) in [5.41, 5.74) is 0.800. The Morgan fingerprint density at radius 3 is 2.52 bits per heavy atom. The summed E-state index contributed by atoms with van der Waals surface area (Å²) in [6.45, 7) is 0.326. The van der Waals surface area contributed by atoms with Crippen LogP contribution in [0.1, 0.15) is 12.0 Å². The summed E-state index contributed by atoms with van der Waals surface area (Å²) in [5, 5.41) is 10.7. The van der Waals surface area contributed by atoms with Crippen LogP contribution in [-0.4, -0.2) is 41.3 Å². The number of hydrogen-bond acceptors (Lipinski definition) is 5. The van der Waals surface area contributed by atoms with Crippen LogP contribution in [0.4, 0.5) is 14.9 Å². The summed E-state index contributed by atoms with van der Waals surface area (Å²) < 4.78 is 25.2. The Labute approximate surface area is 155 Å². The molecular formula is C19H19FN2O5. The molecule has 1 fully saturated rings. The number of piperidine rings is 1. The SMILES string of the molecule is O=C(OCc1ccccc1)N1CC[C@H](Oc2ccc([N+](=O)[O-])cc2)[C@@H](F)C1. The number of halogens is 1. The van der Waals surface area contributed by atoms with E-state index in [-0.39, 0.29) is 18.8 Å². The number of amides is 1. The fourth-order valence-electron chi connectivity index (χ4n) is 2.81. The fourth-order valence-corrected chi connectivity index (χ4v) is 2.81. The number of alkyl halides is 1. The number of carbonyl (C=O) groups excluding carboxylic acids is 1. The molecule has 3 rings (SSSR count). The first-order valence-corrected chi connectivity index (χ1v) is 8.54. The van der Waals surface area contributed by atoms with E-state index in [1.54, 1.807) is 0 Å². The van der Waals surface area contributed by atoms with Gasteiger partial charge in [0.1, 0.15) is 18.5 Å². The molecule has 0 unspecified atom stereocenters. The van der Waals surface area contributed by atoms with Crippen molar-refractivity contribution in [2.45, 2.75) is 25.3 Å². The van der Waals surface area contributed by atoms with Crippen molar-refractivity contribution in [3.05, 3.63) is 70.3 Å². The van der Waals surface area contributed by atoms with E-state index in [1.807, 2.05) is 30.3 Å². The van der Waals surface area contributed by atoms with Crippen molar-refractivity contribution in [3.63, 3.8) is 0 Å². The number of non-ortho nitro benzene ring substituents is 1. The van der Waals surface area contributed by atoms with Crippen molar-refractivity contribution in [2.75, 3.05) is 13.1 Å². The maximum atomic E-state index is 14.4. The maximum absolute atomic E-state index is 14.4. The summed E-state index contributed by atoms with van der Waals surface area (Å²) in [7, 11) is 0. The van der Waals surface area contributed by atoms with Crippen LogP contribution >= 0.6 is 0 Å². The van der Waals surface area contributed by atoms with Crippen molar-refractivity contribution < 1.29 is 23.6 Å². The predicted octanol–water partition coefficient (Wildman–Crippen LogP) is 3.72. The van der Waals surface area contributed by atoms with Gasteiger partial charge >= 0.3 is 6.09 Å². The predicted molar refractivity (Wildman–Crippen MR) is 95.2 cm³/mol. The zero-order chi connectivity index (χ0) is 19.2. The minimum atomic E-state index is -1.38. The number of nitrogens with zero attached hydrogens (tertiary/aromatic N) is 2. The highest BCUT2D eigenvalue weighted by Crippen LogP contribution is 2.24. The number of rotatable bonds is 5. The Hall–Kier alpha value is -3.16. The van der Waals surface area contributed by atoms with Crippen molar-refractivity contribution in [1.29, 1.82) is 0 Å². The first-order valence-electron chi connectivity index (χ1n) is 8.54. The maximum Gasteiger partial charge on any atom is 0.410 e.